The van der Waals surface area contributed by atoms with Crippen LogP contribution in [0.25, 0.3) is 10.2 Å². The monoisotopic (exact) mass is 411 g/mol. The summed E-state index contributed by atoms with van der Waals surface area (Å²) in [7, 11) is 0. The lowest BCUT2D eigenvalue weighted by atomic mass is 9.94. The van der Waals surface area contributed by atoms with Crippen LogP contribution < -0.4 is 11.0 Å². The van der Waals surface area contributed by atoms with E-state index >= 15 is 0 Å². The zero-order chi connectivity index (χ0) is 20.6. The molecule has 0 fully saturated rings. The molecule has 0 atom stereocenters. The first-order chi connectivity index (χ1) is 13.9. The van der Waals surface area contributed by atoms with E-state index < -0.39 is 0 Å². The molecule has 4 rings (SSSR count). The van der Waals surface area contributed by atoms with Gasteiger partial charge in [-0.1, -0.05) is 37.3 Å². The molecule has 29 heavy (non-hydrogen) atoms. The van der Waals surface area contributed by atoms with Gasteiger partial charge in [-0.05, 0) is 31.4 Å². The molecule has 1 aliphatic heterocycles. The van der Waals surface area contributed by atoms with Gasteiger partial charge < -0.3 is 4.74 Å². The molecule has 0 saturated heterocycles. The average Bonchev–Trinajstić information content (AvgIpc) is 3.02. The molecule has 0 unspecified atom stereocenters. The standard InChI is InChI=1S/C22H25N3O3S/c1-4-8-17-23-20-19(15-12-22(2,3)28-13-16(15)29-20)21(27)25(17)24-18(26)11-14-9-6-5-7-10-14/h5-7,9-10H,4,8,11-13H2,1-3H3,(H,24,26). The maximum Gasteiger partial charge on any atom is 0.281 e. The molecule has 7 heteroatoms. The van der Waals surface area contributed by atoms with Gasteiger partial charge in [-0.15, -0.1) is 11.3 Å². The zero-order valence-electron chi connectivity index (χ0n) is 16.9. The van der Waals surface area contributed by atoms with Crippen molar-refractivity contribution in [1.82, 2.24) is 9.66 Å². The number of thiophene rings is 1. The largest absolute Gasteiger partial charge is 0.370 e. The maximum absolute atomic E-state index is 13.4. The lowest BCUT2D eigenvalue weighted by Crippen LogP contribution is -2.38. The summed E-state index contributed by atoms with van der Waals surface area (Å²) in [6.45, 7) is 6.57. The molecule has 0 radical (unpaired) electrons. The van der Waals surface area contributed by atoms with Gasteiger partial charge in [0.1, 0.15) is 10.7 Å². The molecular weight excluding hydrogens is 386 g/mol. The van der Waals surface area contributed by atoms with Crippen LogP contribution in [0.3, 0.4) is 0 Å². The van der Waals surface area contributed by atoms with E-state index in [1.807, 2.05) is 51.1 Å². The SMILES string of the molecule is CCCc1nc2sc3c(c2c(=O)n1NC(=O)Cc1ccccc1)CC(C)(C)OC3. The molecule has 0 aliphatic carbocycles. The van der Waals surface area contributed by atoms with Crippen molar-refractivity contribution in [3.8, 4) is 0 Å². The summed E-state index contributed by atoms with van der Waals surface area (Å²) in [4.78, 5) is 32.6. The number of ether oxygens (including phenoxy) is 1. The van der Waals surface area contributed by atoms with Gasteiger partial charge in [0.15, 0.2) is 0 Å². The van der Waals surface area contributed by atoms with E-state index in [0.29, 0.717) is 30.7 Å². The van der Waals surface area contributed by atoms with Crippen LogP contribution in [0, 0.1) is 0 Å². The Morgan fingerprint density at radius 1 is 1.31 bits per heavy atom. The second-order valence-corrected chi connectivity index (χ2v) is 9.11. The van der Waals surface area contributed by atoms with E-state index in [4.69, 9.17) is 9.72 Å². The number of aryl methyl sites for hydroxylation is 1. The molecule has 6 nitrogen and oxygen atoms in total. The Bertz CT molecular complexity index is 1120. The molecule has 1 amide bonds. The molecule has 0 spiro atoms. The third-order valence-electron chi connectivity index (χ3n) is 5.09. The van der Waals surface area contributed by atoms with Gasteiger partial charge in [0, 0.05) is 17.7 Å². The Kier molecular flexibility index (Phi) is 5.27. The highest BCUT2D eigenvalue weighted by Crippen LogP contribution is 2.36. The predicted molar refractivity (Wildman–Crippen MR) is 115 cm³/mol. The number of nitrogens with zero attached hydrogens (tertiary/aromatic N) is 2. The van der Waals surface area contributed by atoms with Crippen LogP contribution >= 0.6 is 11.3 Å². The van der Waals surface area contributed by atoms with E-state index in [2.05, 4.69) is 5.43 Å². The summed E-state index contributed by atoms with van der Waals surface area (Å²) in [5, 5.41) is 0.612. The first-order valence-corrected chi connectivity index (χ1v) is 10.7. The summed E-state index contributed by atoms with van der Waals surface area (Å²) < 4.78 is 7.26. The van der Waals surface area contributed by atoms with Crippen LogP contribution in [0.5, 0.6) is 0 Å². The van der Waals surface area contributed by atoms with Crippen molar-refractivity contribution in [2.45, 2.75) is 58.7 Å². The molecule has 0 saturated carbocycles. The van der Waals surface area contributed by atoms with Crippen molar-refractivity contribution in [2.24, 2.45) is 0 Å². The molecule has 1 N–H and O–H groups in total. The average molecular weight is 412 g/mol. The van der Waals surface area contributed by atoms with Gasteiger partial charge in [-0.25, -0.2) is 9.66 Å². The predicted octanol–water partition coefficient (Wildman–Crippen LogP) is 3.57. The number of carbonyl (C=O) groups excluding carboxylic acids is 1. The van der Waals surface area contributed by atoms with Gasteiger partial charge in [-0.3, -0.25) is 15.0 Å². The number of rotatable bonds is 5. The third kappa shape index (κ3) is 3.97. The minimum Gasteiger partial charge on any atom is -0.370 e. The van der Waals surface area contributed by atoms with Gasteiger partial charge in [0.25, 0.3) is 5.56 Å². The molecule has 3 aromatic rings. The van der Waals surface area contributed by atoms with Crippen LogP contribution in [0.15, 0.2) is 35.1 Å². The molecule has 3 heterocycles. The van der Waals surface area contributed by atoms with E-state index in [1.54, 1.807) is 0 Å². The zero-order valence-corrected chi connectivity index (χ0v) is 17.8. The highest BCUT2D eigenvalue weighted by atomic mass is 32.1. The number of fused-ring (bicyclic) bond motifs is 3. The number of aromatic nitrogens is 2. The lowest BCUT2D eigenvalue weighted by Gasteiger charge is -2.29. The molecule has 2 aromatic heterocycles. The first kappa shape index (κ1) is 19.8. The minimum absolute atomic E-state index is 0.199. The number of carbonyl (C=O) groups is 1. The van der Waals surface area contributed by atoms with Crippen molar-refractivity contribution in [3.63, 3.8) is 0 Å². The number of benzene rings is 1. The van der Waals surface area contributed by atoms with Crippen LogP contribution in [-0.2, 0) is 35.4 Å². The second-order valence-electron chi connectivity index (χ2n) is 8.03. The normalized spacial score (nSPS) is 15.3. The highest BCUT2D eigenvalue weighted by molar-refractivity contribution is 7.18. The highest BCUT2D eigenvalue weighted by Gasteiger charge is 2.31. The van der Waals surface area contributed by atoms with E-state index in [0.717, 1.165) is 27.3 Å². The van der Waals surface area contributed by atoms with E-state index in [-0.39, 0.29) is 23.5 Å². The Balaban J connectivity index is 1.75. The number of nitrogens with one attached hydrogen (secondary N) is 1. The Hall–Kier alpha value is -2.51. The van der Waals surface area contributed by atoms with Crippen molar-refractivity contribution in [1.29, 1.82) is 0 Å². The summed E-state index contributed by atoms with van der Waals surface area (Å²) in [6.07, 6.45) is 2.30. The van der Waals surface area contributed by atoms with Crippen molar-refractivity contribution >= 4 is 27.5 Å². The fraction of sp³-hybridized carbons (Fsp3) is 0.409. The first-order valence-electron chi connectivity index (χ1n) is 9.92. The van der Waals surface area contributed by atoms with Gasteiger partial charge in [0.05, 0.1) is 24.0 Å². The molecular formula is C22H25N3O3S. The number of amides is 1. The van der Waals surface area contributed by atoms with Gasteiger partial charge in [-0.2, -0.15) is 0 Å². The summed E-state index contributed by atoms with van der Waals surface area (Å²) in [5.74, 6) is 0.356. The fourth-order valence-corrected chi connectivity index (χ4v) is 4.80. The van der Waals surface area contributed by atoms with Crippen molar-refractivity contribution < 1.29 is 9.53 Å². The van der Waals surface area contributed by atoms with Crippen LogP contribution in [0.2, 0.25) is 0 Å². The number of hydrogen-bond acceptors (Lipinski definition) is 5. The maximum atomic E-state index is 13.4. The van der Waals surface area contributed by atoms with Crippen LogP contribution in [-0.4, -0.2) is 21.2 Å². The topological polar surface area (TPSA) is 73.2 Å². The number of hydrogen-bond donors (Lipinski definition) is 1. The van der Waals surface area contributed by atoms with E-state index in [9.17, 15) is 9.59 Å². The van der Waals surface area contributed by atoms with Crippen molar-refractivity contribution in [2.75, 3.05) is 5.43 Å². The quantitative estimate of drug-likeness (QED) is 0.697. The van der Waals surface area contributed by atoms with Crippen LogP contribution in [0.4, 0.5) is 0 Å². The molecule has 0 bridgehead atoms. The van der Waals surface area contributed by atoms with Gasteiger partial charge >= 0.3 is 0 Å². The fourth-order valence-electron chi connectivity index (χ4n) is 3.69. The van der Waals surface area contributed by atoms with Crippen molar-refractivity contribution in [3.05, 3.63) is 62.5 Å². The smallest absolute Gasteiger partial charge is 0.281 e. The van der Waals surface area contributed by atoms with E-state index in [1.165, 1.54) is 16.0 Å². The summed E-state index contributed by atoms with van der Waals surface area (Å²) in [6, 6.07) is 9.49. The molecule has 152 valence electrons. The lowest BCUT2D eigenvalue weighted by molar-refractivity contribution is -0.116. The van der Waals surface area contributed by atoms with Gasteiger partial charge in [0.2, 0.25) is 5.91 Å². The Morgan fingerprint density at radius 2 is 2.07 bits per heavy atom. The third-order valence-corrected chi connectivity index (χ3v) is 6.19. The molecule has 1 aliphatic rings. The van der Waals surface area contributed by atoms with Crippen LogP contribution in [0.1, 0.15) is 49.0 Å². The Labute approximate surface area is 173 Å². The minimum atomic E-state index is -0.322. The summed E-state index contributed by atoms with van der Waals surface area (Å²) >= 11 is 1.52. The molecule has 1 aromatic carbocycles. The summed E-state index contributed by atoms with van der Waals surface area (Å²) in [5.41, 5.74) is 4.18. The Morgan fingerprint density at radius 3 is 2.79 bits per heavy atom. The second kappa shape index (κ2) is 7.72.